The van der Waals surface area contributed by atoms with E-state index in [1.54, 1.807) is 23.5 Å². The summed E-state index contributed by atoms with van der Waals surface area (Å²) in [5.41, 5.74) is 4.64. The normalized spacial score (nSPS) is 12.4. The second-order valence-electron chi connectivity index (χ2n) is 9.18. The summed E-state index contributed by atoms with van der Waals surface area (Å²) in [6.45, 7) is 0.474. The molecule has 2 aromatic heterocycles. The lowest BCUT2D eigenvalue weighted by Gasteiger charge is -2.30. The summed E-state index contributed by atoms with van der Waals surface area (Å²) in [6.07, 6.45) is 5.26. The maximum atomic E-state index is 12.8. The first-order chi connectivity index (χ1) is 19.1. The second-order valence-corrected chi connectivity index (χ2v) is 9.18. The number of para-hydroxylation sites is 1. The van der Waals surface area contributed by atoms with Gasteiger partial charge in [-0.15, -0.1) is 0 Å². The molecular weight excluding hydrogens is 488 g/mol. The first kappa shape index (κ1) is 24.2. The average molecular weight is 515 g/mol. The molecule has 0 unspecified atom stereocenters. The van der Waals surface area contributed by atoms with E-state index < -0.39 is 0 Å². The van der Waals surface area contributed by atoms with Crippen LogP contribution in [-0.2, 0) is 11.3 Å². The number of rotatable bonds is 7. The molecule has 0 saturated heterocycles. The topological polar surface area (TPSA) is 67.8 Å². The number of amides is 1. The Morgan fingerprint density at radius 2 is 1.64 bits per heavy atom. The highest BCUT2D eigenvalue weighted by atomic mass is 16.5. The molecule has 1 aliphatic heterocycles. The van der Waals surface area contributed by atoms with Crippen LogP contribution in [0, 0.1) is 0 Å². The van der Waals surface area contributed by atoms with Crippen molar-refractivity contribution in [1.29, 1.82) is 0 Å². The minimum Gasteiger partial charge on any atom is -0.482 e. The number of hydrogen-bond donors (Lipinski definition) is 0. The minimum atomic E-state index is -0.0794. The molecule has 5 aromatic rings. The van der Waals surface area contributed by atoms with Gasteiger partial charge in [-0.25, -0.2) is 4.98 Å². The summed E-state index contributed by atoms with van der Waals surface area (Å²) < 4.78 is 11.7. The van der Waals surface area contributed by atoms with Crippen LogP contribution in [0.3, 0.4) is 0 Å². The lowest BCUT2D eigenvalue weighted by atomic mass is 10.0. The van der Waals surface area contributed by atoms with Gasteiger partial charge in [0.1, 0.15) is 23.1 Å². The van der Waals surface area contributed by atoms with Crippen LogP contribution in [0.2, 0.25) is 0 Å². The van der Waals surface area contributed by atoms with Crippen molar-refractivity contribution < 1.29 is 14.3 Å². The number of carbonyl (C=O) groups excluding carboxylic acids is 1. The molecule has 192 valence electrons. The Balaban J connectivity index is 1.27. The molecule has 0 aliphatic carbocycles. The number of carbonyl (C=O) groups is 1. The Labute approximate surface area is 226 Å². The van der Waals surface area contributed by atoms with Crippen molar-refractivity contribution in [3.05, 3.63) is 121 Å². The predicted molar refractivity (Wildman–Crippen MR) is 152 cm³/mol. The highest BCUT2D eigenvalue weighted by Crippen LogP contribution is 2.38. The molecule has 7 heteroatoms. The fourth-order valence-corrected chi connectivity index (χ4v) is 4.52. The van der Waals surface area contributed by atoms with Gasteiger partial charge in [0.15, 0.2) is 6.61 Å². The molecule has 0 bridgehead atoms. The van der Waals surface area contributed by atoms with Crippen molar-refractivity contribution in [2.24, 2.45) is 0 Å². The van der Waals surface area contributed by atoms with E-state index in [1.165, 1.54) is 0 Å². The van der Waals surface area contributed by atoms with Crippen LogP contribution in [0.4, 0.5) is 17.2 Å². The van der Waals surface area contributed by atoms with Crippen LogP contribution >= 0.6 is 0 Å². The number of ether oxygens (including phenoxy) is 2. The molecular formula is C32H26N4O3. The van der Waals surface area contributed by atoms with Gasteiger partial charge in [0.2, 0.25) is 0 Å². The maximum absolute atomic E-state index is 12.8. The van der Waals surface area contributed by atoms with E-state index in [2.05, 4.69) is 9.97 Å². The lowest BCUT2D eigenvalue weighted by Crippen LogP contribution is -2.38. The van der Waals surface area contributed by atoms with Gasteiger partial charge in [0.05, 0.1) is 12.2 Å². The van der Waals surface area contributed by atoms with Gasteiger partial charge in [-0.3, -0.25) is 9.78 Å². The molecule has 3 aromatic carbocycles. The molecule has 1 amide bonds. The molecule has 0 fully saturated rings. The van der Waals surface area contributed by atoms with Crippen molar-refractivity contribution in [2.45, 2.75) is 6.54 Å². The number of aromatic nitrogens is 2. The summed E-state index contributed by atoms with van der Waals surface area (Å²) in [4.78, 5) is 25.3. The molecule has 6 rings (SSSR count). The van der Waals surface area contributed by atoms with Gasteiger partial charge in [-0.05, 0) is 77.4 Å². The number of anilines is 3. The zero-order chi connectivity index (χ0) is 26.6. The Morgan fingerprint density at radius 3 is 2.49 bits per heavy atom. The van der Waals surface area contributed by atoms with Crippen LogP contribution in [0.5, 0.6) is 17.2 Å². The smallest absolute Gasteiger partial charge is 0.265 e. The quantitative estimate of drug-likeness (QED) is 0.243. The largest absolute Gasteiger partial charge is 0.482 e. The van der Waals surface area contributed by atoms with Gasteiger partial charge < -0.3 is 19.3 Å². The third-order valence-electron chi connectivity index (χ3n) is 6.60. The zero-order valence-corrected chi connectivity index (χ0v) is 21.4. The van der Waals surface area contributed by atoms with Gasteiger partial charge >= 0.3 is 0 Å². The number of nitrogens with zero attached hydrogens (tertiary/aromatic N) is 4. The Hall–Kier alpha value is -5.17. The van der Waals surface area contributed by atoms with Crippen LogP contribution < -0.4 is 19.3 Å². The molecule has 0 saturated carbocycles. The first-order valence-electron chi connectivity index (χ1n) is 12.6. The van der Waals surface area contributed by atoms with Gasteiger partial charge in [0.25, 0.3) is 5.91 Å². The molecule has 0 spiro atoms. The Morgan fingerprint density at radius 1 is 0.846 bits per heavy atom. The first-order valence-corrected chi connectivity index (χ1v) is 12.6. The third-order valence-corrected chi connectivity index (χ3v) is 6.60. The van der Waals surface area contributed by atoms with Crippen LogP contribution in [-0.4, -0.2) is 29.5 Å². The van der Waals surface area contributed by atoms with Crippen molar-refractivity contribution in [3.63, 3.8) is 0 Å². The highest BCUT2D eigenvalue weighted by Gasteiger charge is 2.26. The molecule has 3 heterocycles. The molecule has 39 heavy (non-hydrogen) atoms. The SMILES string of the molecule is CN(c1cccc(Oc2ccccc2)c1)c1cc(-c2ccc3c(c2)N(Cc2ccncc2)C(=O)CO3)ccn1. The Bertz CT molecular complexity index is 1610. The second kappa shape index (κ2) is 10.7. The number of hydrogen-bond acceptors (Lipinski definition) is 6. The van der Waals surface area contributed by atoms with E-state index >= 15 is 0 Å². The van der Waals surface area contributed by atoms with E-state index in [0.717, 1.165) is 45.4 Å². The average Bonchev–Trinajstić information content (AvgIpc) is 2.99. The van der Waals surface area contributed by atoms with Gasteiger partial charge in [-0.1, -0.05) is 30.3 Å². The van der Waals surface area contributed by atoms with E-state index in [-0.39, 0.29) is 12.5 Å². The van der Waals surface area contributed by atoms with Crippen molar-refractivity contribution in [1.82, 2.24) is 9.97 Å². The van der Waals surface area contributed by atoms with Crippen molar-refractivity contribution >= 4 is 23.1 Å². The maximum Gasteiger partial charge on any atom is 0.265 e. The summed E-state index contributed by atoms with van der Waals surface area (Å²) in [7, 11) is 1.98. The standard InChI is InChI=1S/C32H26N4O3/c1-35(26-6-5-9-28(20-26)39-27-7-3-2-4-8-27)31-19-25(14-17-34-31)24-10-11-30-29(18-24)36(32(37)22-38-30)21-23-12-15-33-16-13-23/h2-20H,21-22H2,1H3. The number of benzene rings is 3. The fourth-order valence-electron chi connectivity index (χ4n) is 4.52. The van der Waals surface area contributed by atoms with Crippen LogP contribution in [0.15, 0.2) is 116 Å². The fraction of sp³-hybridized carbons (Fsp3) is 0.0938. The van der Waals surface area contributed by atoms with E-state index in [1.807, 2.05) is 109 Å². The van der Waals surface area contributed by atoms with Gasteiger partial charge in [-0.2, -0.15) is 0 Å². The van der Waals surface area contributed by atoms with Crippen molar-refractivity contribution in [3.8, 4) is 28.4 Å². The van der Waals surface area contributed by atoms with Crippen LogP contribution in [0.1, 0.15) is 5.56 Å². The highest BCUT2D eigenvalue weighted by molar-refractivity contribution is 5.98. The van der Waals surface area contributed by atoms with E-state index in [4.69, 9.17) is 9.47 Å². The van der Waals surface area contributed by atoms with E-state index in [0.29, 0.717) is 12.3 Å². The summed E-state index contributed by atoms with van der Waals surface area (Å²) in [6, 6.07) is 31.4. The number of pyridine rings is 2. The Kier molecular flexibility index (Phi) is 6.62. The summed E-state index contributed by atoms with van der Waals surface area (Å²) in [5.74, 6) is 2.92. The van der Waals surface area contributed by atoms with Crippen LogP contribution in [0.25, 0.3) is 11.1 Å². The molecule has 0 radical (unpaired) electrons. The zero-order valence-electron chi connectivity index (χ0n) is 21.4. The van der Waals surface area contributed by atoms with Gasteiger partial charge in [0, 0.05) is 37.4 Å². The summed E-state index contributed by atoms with van der Waals surface area (Å²) in [5, 5.41) is 0. The molecule has 0 atom stereocenters. The molecule has 1 aliphatic rings. The molecule has 7 nitrogen and oxygen atoms in total. The molecule has 0 N–H and O–H groups in total. The minimum absolute atomic E-state index is 0.0225. The monoisotopic (exact) mass is 514 g/mol. The predicted octanol–water partition coefficient (Wildman–Crippen LogP) is 6.63. The lowest BCUT2D eigenvalue weighted by molar-refractivity contribution is -0.121. The third kappa shape index (κ3) is 5.29. The van der Waals surface area contributed by atoms with Crippen molar-refractivity contribution in [2.75, 3.05) is 23.5 Å². The summed E-state index contributed by atoms with van der Waals surface area (Å²) >= 11 is 0. The van der Waals surface area contributed by atoms with E-state index in [9.17, 15) is 4.79 Å². The number of fused-ring (bicyclic) bond motifs is 1.